The second kappa shape index (κ2) is 6.00. The van der Waals surface area contributed by atoms with Crippen molar-refractivity contribution in [2.24, 2.45) is 0 Å². The van der Waals surface area contributed by atoms with Crippen LogP contribution in [0.4, 0.5) is 4.39 Å². The van der Waals surface area contributed by atoms with Gasteiger partial charge in [0.25, 0.3) is 0 Å². The monoisotopic (exact) mass is 260 g/mol. The molecule has 0 aromatic heterocycles. The van der Waals surface area contributed by atoms with E-state index in [1.807, 2.05) is 0 Å². The molecule has 0 aliphatic rings. The molecule has 0 saturated heterocycles. The fourth-order valence-corrected chi connectivity index (χ4v) is 1.75. The molecular formula is C15H13FO3. The van der Waals surface area contributed by atoms with Crippen LogP contribution in [-0.2, 0) is 11.5 Å². The summed E-state index contributed by atoms with van der Waals surface area (Å²) in [6.07, 6.45) is -1.14. The fourth-order valence-electron chi connectivity index (χ4n) is 1.75. The zero-order valence-corrected chi connectivity index (χ0v) is 10.1. The molecule has 0 bridgehead atoms. The molecule has 0 aliphatic heterocycles. The molecule has 1 atom stereocenters. The van der Waals surface area contributed by atoms with Gasteiger partial charge in [0.2, 0.25) is 6.10 Å². The summed E-state index contributed by atoms with van der Waals surface area (Å²) >= 11 is 0. The number of alkyl halides is 1. The first-order chi connectivity index (χ1) is 9.22. The lowest BCUT2D eigenvalue weighted by molar-refractivity contribution is -0.145. The summed E-state index contributed by atoms with van der Waals surface area (Å²) in [5, 5.41) is 9.23. The van der Waals surface area contributed by atoms with Crippen molar-refractivity contribution in [3.63, 3.8) is 0 Å². The van der Waals surface area contributed by atoms with Gasteiger partial charge in [-0.25, -0.2) is 9.18 Å². The second-order valence-corrected chi connectivity index (χ2v) is 3.99. The molecule has 0 amide bonds. The van der Waals surface area contributed by atoms with Crippen molar-refractivity contribution < 1.29 is 19.0 Å². The molecule has 4 heteroatoms. The lowest BCUT2D eigenvalue weighted by atomic mass is 10.1. The van der Waals surface area contributed by atoms with Gasteiger partial charge in [-0.1, -0.05) is 48.5 Å². The Kier molecular flexibility index (Phi) is 4.13. The average Bonchev–Trinajstić information content (AvgIpc) is 2.45. The summed E-state index contributed by atoms with van der Waals surface area (Å²) in [5.74, 6) is -0.860. The maximum absolute atomic E-state index is 12.8. The summed E-state index contributed by atoms with van der Waals surface area (Å²) in [6, 6.07) is 15.1. The number of ether oxygens (including phenoxy) is 1. The van der Waals surface area contributed by atoms with Gasteiger partial charge in [0.05, 0.1) is 0 Å². The molecule has 19 heavy (non-hydrogen) atoms. The van der Waals surface area contributed by atoms with E-state index in [1.165, 1.54) is 0 Å². The minimum absolute atomic E-state index is 0.251. The summed E-state index contributed by atoms with van der Waals surface area (Å²) in [4.78, 5) is 11.3. The van der Waals surface area contributed by atoms with Crippen molar-refractivity contribution in [1.29, 1.82) is 0 Å². The van der Waals surface area contributed by atoms with Crippen LogP contribution in [0.3, 0.4) is 0 Å². The third-order valence-corrected chi connectivity index (χ3v) is 2.69. The Hall–Kier alpha value is -2.36. The number of carboxylic acids is 1. The quantitative estimate of drug-likeness (QED) is 0.896. The van der Waals surface area contributed by atoms with Crippen LogP contribution in [0.25, 0.3) is 0 Å². The Labute approximate surface area is 110 Å². The van der Waals surface area contributed by atoms with E-state index in [0.717, 1.165) is 0 Å². The standard InChI is InChI=1S/C15H13FO3/c16-10-12-8-4-5-9-13(12)19-14(15(17)18)11-6-2-1-3-7-11/h1-9,14H,10H2,(H,17,18). The van der Waals surface area contributed by atoms with Gasteiger partial charge in [-0.3, -0.25) is 0 Å². The Balaban J connectivity index is 2.30. The van der Waals surface area contributed by atoms with E-state index in [0.29, 0.717) is 11.1 Å². The highest BCUT2D eigenvalue weighted by Gasteiger charge is 2.22. The molecule has 0 heterocycles. The van der Waals surface area contributed by atoms with Crippen molar-refractivity contribution in [3.05, 3.63) is 65.7 Å². The first-order valence-corrected chi connectivity index (χ1v) is 5.80. The van der Waals surface area contributed by atoms with Gasteiger partial charge in [-0.05, 0) is 6.07 Å². The summed E-state index contributed by atoms with van der Waals surface area (Å²) < 4.78 is 18.3. The summed E-state index contributed by atoms with van der Waals surface area (Å²) in [5.41, 5.74) is 0.855. The number of benzene rings is 2. The molecule has 1 N–H and O–H groups in total. The van der Waals surface area contributed by atoms with E-state index in [1.54, 1.807) is 54.6 Å². The lowest BCUT2D eigenvalue weighted by Crippen LogP contribution is -2.18. The summed E-state index contributed by atoms with van der Waals surface area (Å²) in [7, 11) is 0. The van der Waals surface area contributed by atoms with Crippen molar-refractivity contribution in [2.75, 3.05) is 0 Å². The first-order valence-electron chi connectivity index (χ1n) is 5.80. The third kappa shape index (κ3) is 3.10. The molecule has 2 aromatic rings. The van der Waals surface area contributed by atoms with Crippen LogP contribution in [0.5, 0.6) is 5.75 Å². The highest BCUT2D eigenvalue weighted by Crippen LogP contribution is 2.26. The van der Waals surface area contributed by atoms with Gasteiger partial charge in [-0.2, -0.15) is 0 Å². The number of rotatable bonds is 5. The topological polar surface area (TPSA) is 46.5 Å². The normalized spacial score (nSPS) is 11.8. The maximum atomic E-state index is 12.8. The van der Waals surface area contributed by atoms with Gasteiger partial charge in [0.1, 0.15) is 12.4 Å². The van der Waals surface area contributed by atoms with E-state index < -0.39 is 18.7 Å². The van der Waals surface area contributed by atoms with E-state index in [9.17, 15) is 14.3 Å². The zero-order valence-electron chi connectivity index (χ0n) is 10.1. The van der Waals surface area contributed by atoms with Crippen molar-refractivity contribution >= 4 is 5.97 Å². The molecular weight excluding hydrogens is 247 g/mol. The molecule has 0 saturated carbocycles. The summed E-state index contributed by atoms with van der Waals surface area (Å²) in [6.45, 7) is -0.697. The van der Waals surface area contributed by atoms with Crippen molar-refractivity contribution in [1.82, 2.24) is 0 Å². The predicted octanol–water partition coefficient (Wildman–Crippen LogP) is 3.36. The molecule has 0 radical (unpaired) electrons. The predicted molar refractivity (Wildman–Crippen MR) is 68.7 cm³/mol. The highest BCUT2D eigenvalue weighted by molar-refractivity contribution is 5.74. The average molecular weight is 260 g/mol. The second-order valence-electron chi connectivity index (χ2n) is 3.99. The molecule has 0 aliphatic carbocycles. The SMILES string of the molecule is O=C(O)C(Oc1ccccc1CF)c1ccccc1. The van der Waals surface area contributed by atoms with Crippen LogP contribution in [0.15, 0.2) is 54.6 Å². The molecule has 1 unspecified atom stereocenters. The Morgan fingerprint density at radius 2 is 1.74 bits per heavy atom. The number of para-hydroxylation sites is 1. The van der Waals surface area contributed by atoms with Gasteiger partial charge in [0, 0.05) is 11.1 Å². The van der Waals surface area contributed by atoms with Gasteiger partial charge >= 0.3 is 5.97 Å². The molecule has 3 nitrogen and oxygen atoms in total. The fraction of sp³-hybridized carbons (Fsp3) is 0.133. The van der Waals surface area contributed by atoms with Crippen LogP contribution in [0.2, 0.25) is 0 Å². The van der Waals surface area contributed by atoms with Gasteiger partial charge < -0.3 is 9.84 Å². The Morgan fingerprint density at radius 3 is 2.37 bits per heavy atom. The number of carbonyl (C=O) groups is 1. The molecule has 2 aromatic carbocycles. The van der Waals surface area contributed by atoms with Crippen molar-refractivity contribution in [2.45, 2.75) is 12.8 Å². The van der Waals surface area contributed by atoms with Crippen LogP contribution in [-0.4, -0.2) is 11.1 Å². The lowest BCUT2D eigenvalue weighted by Gasteiger charge is -2.17. The highest BCUT2D eigenvalue weighted by atomic mass is 19.1. The van der Waals surface area contributed by atoms with Crippen LogP contribution < -0.4 is 4.74 Å². The minimum Gasteiger partial charge on any atom is -0.478 e. The van der Waals surface area contributed by atoms with E-state index >= 15 is 0 Å². The smallest absolute Gasteiger partial charge is 0.349 e. The first kappa shape index (κ1) is 13.1. The van der Waals surface area contributed by atoms with Crippen molar-refractivity contribution in [3.8, 4) is 5.75 Å². The van der Waals surface area contributed by atoms with Crippen LogP contribution in [0.1, 0.15) is 17.2 Å². The molecule has 2 rings (SSSR count). The van der Waals surface area contributed by atoms with E-state index in [2.05, 4.69) is 0 Å². The minimum atomic E-state index is -1.14. The van der Waals surface area contributed by atoms with Crippen LogP contribution in [0, 0.1) is 0 Å². The van der Waals surface area contributed by atoms with Crippen LogP contribution >= 0.6 is 0 Å². The molecule has 0 spiro atoms. The zero-order chi connectivity index (χ0) is 13.7. The van der Waals surface area contributed by atoms with Gasteiger partial charge in [-0.15, -0.1) is 0 Å². The molecule has 0 fully saturated rings. The maximum Gasteiger partial charge on any atom is 0.349 e. The third-order valence-electron chi connectivity index (χ3n) is 2.69. The number of hydrogen-bond acceptors (Lipinski definition) is 2. The Morgan fingerprint density at radius 1 is 1.11 bits per heavy atom. The van der Waals surface area contributed by atoms with E-state index in [4.69, 9.17) is 4.74 Å². The number of hydrogen-bond donors (Lipinski definition) is 1. The van der Waals surface area contributed by atoms with E-state index in [-0.39, 0.29) is 5.75 Å². The number of aliphatic carboxylic acids is 1. The number of carboxylic acid groups (broad SMARTS) is 1. The van der Waals surface area contributed by atoms with Gasteiger partial charge in [0.15, 0.2) is 0 Å². The number of halogens is 1. The Bertz CT molecular complexity index is 554. The molecule has 98 valence electrons. The largest absolute Gasteiger partial charge is 0.478 e.